The van der Waals surface area contributed by atoms with E-state index >= 15 is 0 Å². The number of likely N-dealkylation sites (N-methyl/N-ethyl adjacent to an activating group) is 2. The first-order valence-electron chi connectivity index (χ1n) is 6.30. The molecule has 0 aliphatic rings. The van der Waals surface area contributed by atoms with E-state index in [1.165, 1.54) is 0 Å². The van der Waals surface area contributed by atoms with Crippen LogP contribution >= 0.6 is 0 Å². The Labute approximate surface area is 113 Å². The zero-order valence-corrected chi connectivity index (χ0v) is 11.9. The smallest absolute Gasteiger partial charge is 0.236 e. The highest BCUT2D eigenvalue weighted by molar-refractivity contribution is 5.79. The lowest BCUT2D eigenvalue weighted by Gasteiger charge is -2.18. The molecule has 1 aromatic heterocycles. The fraction of sp³-hybridized carbons (Fsp3) is 0.429. The summed E-state index contributed by atoms with van der Waals surface area (Å²) >= 11 is 0. The topological polar surface area (TPSA) is 52.2 Å². The number of nitrogens with zero attached hydrogens (tertiary/aromatic N) is 3. The van der Waals surface area contributed by atoms with Gasteiger partial charge in [0.15, 0.2) is 0 Å². The number of H-pyrrole nitrogens is 1. The van der Waals surface area contributed by atoms with E-state index in [1.807, 2.05) is 44.1 Å². The SMILES string of the molecule is Cc1cccc2[nH]c(CN(C)C(=O)CN(C)C)nc12. The van der Waals surface area contributed by atoms with E-state index in [4.69, 9.17) is 0 Å². The number of imidazole rings is 1. The van der Waals surface area contributed by atoms with Gasteiger partial charge in [0, 0.05) is 7.05 Å². The van der Waals surface area contributed by atoms with E-state index in [0.29, 0.717) is 13.1 Å². The highest BCUT2D eigenvalue weighted by Crippen LogP contribution is 2.16. The Morgan fingerprint density at radius 2 is 2.05 bits per heavy atom. The highest BCUT2D eigenvalue weighted by atomic mass is 16.2. The summed E-state index contributed by atoms with van der Waals surface area (Å²) in [5.41, 5.74) is 3.14. The van der Waals surface area contributed by atoms with Crippen molar-refractivity contribution < 1.29 is 4.79 Å². The number of amides is 1. The molecule has 1 aromatic carbocycles. The lowest BCUT2D eigenvalue weighted by Crippen LogP contribution is -2.34. The van der Waals surface area contributed by atoms with Crippen LogP contribution in [0.5, 0.6) is 0 Å². The van der Waals surface area contributed by atoms with Crippen LogP contribution in [0, 0.1) is 6.92 Å². The van der Waals surface area contributed by atoms with E-state index in [2.05, 4.69) is 9.97 Å². The molecule has 0 atom stereocenters. The normalized spacial score (nSPS) is 11.2. The zero-order chi connectivity index (χ0) is 14.0. The summed E-state index contributed by atoms with van der Waals surface area (Å²) in [7, 11) is 5.57. The van der Waals surface area contributed by atoms with Gasteiger partial charge in [-0.2, -0.15) is 0 Å². The van der Waals surface area contributed by atoms with Crippen molar-refractivity contribution in [3.63, 3.8) is 0 Å². The van der Waals surface area contributed by atoms with Gasteiger partial charge in [0.25, 0.3) is 0 Å². The number of hydrogen-bond donors (Lipinski definition) is 1. The number of aryl methyl sites for hydroxylation is 1. The molecule has 0 spiro atoms. The van der Waals surface area contributed by atoms with Crippen LogP contribution < -0.4 is 0 Å². The van der Waals surface area contributed by atoms with Crippen molar-refractivity contribution in [1.29, 1.82) is 0 Å². The van der Waals surface area contributed by atoms with Crippen LogP contribution in [0.15, 0.2) is 18.2 Å². The maximum absolute atomic E-state index is 11.9. The Bertz CT molecular complexity index is 588. The van der Waals surface area contributed by atoms with Gasteiger partial charge in [-0.1, -0.05) is 12.1 Å². The van der Waals surface area contributed by atoms with Crippen molar-refractivity contribution in [3.05, 3.63) is 29.6 Å². The van der Waals surface area contributed by atoms with Gasteiger partial charge in [0.1, 0.15) is 5.82 Å². The van der Waals surface area contributed by atoms with E-state index in [1.54, 1.807) is 11.9 Å². The van der Waals surface area contributed by atoms with E-state index in [0.717, 1.165) is 22.4 Å². The van der Waals surface area contributed by atoms with Gasteiger partial charge in [-0.15, -0.1) is 0 Å². The minimum absolute atomic E-state index is 0.0854. The summed E-state index contributed by atoms with van der Waals surface area (Å²) in [6, 6.07) is 6.04. The number of fused-ring (bicyclic) bond motifs is 1. The minimum Gasteiger partial charge on any atom is -0.340 e. The summed E-state index contributed by atoms with van der Waals surface area (Å²) in [5, 5.41) is 0. The minimum atomic E-state index is 0.0854. The van der Waals surface area contributed by atoms with E-state index < -0.39 is 0 Å². The predicted octanol–water partition coefficient (Wildman–Crippen LogP) is 1.39. The van der Waals surface area contributed by atoms with Crippen LogP contribution in [0.3, 0.4) is 0 Å². The summed E-state index contributed by atoms with van der Waals surface area (Å²) in [4.78, 5) is 23.2. The molecule has 0 unspecified atom stereocenters. The Balaban J connectivity index is 2.13. The third-order valence-corrected chi connectivity index (χ3v) is 3.03. The van der Waals surface area contributed by atoms with E-state index in [-0.39, 0.29) is 5.91 Å². The molecule has 5 heteroatoms. The number of carbonyl (C=O) groups excluding carboxylic acids is 1. The maximum Gasteiger partial charge on any atom is 0.236 e. The number of carbonyl (C=O) groups is 1. The molecule has 1 heterocycles. The average molecular weight is 260 g/mol. The largest absolute Gasteiger partial charge is 0.340 e. The lowest BCUT2D eigenvalue weighted by molar-refractivity contribution is -0.131. The Morgan fingerprint density at radius 1 is 1.32 bits per heavy atom. The number of rotatable bonds is 4. The molecule has 0 bridgehead atoms. The number of nitrogens with one attached hydrogen (secondary N) is 1. The summed E-state index contributed by atoms with van der Waals surface area (Å²) in [5.74, 6) is 0.904. The van der Waals surface area contributed by atoms with Gasteiger partial charge in [-0.05, 0) is 32.6 Å². The zero-order valence-electron chi connectivity index (χ0n) is 11.9. The Morgan fingerprint density at radius 3 is 2.68 bits per heavy atom. The second-order valence-electron chi connectivity index (χ2n) is 5.14. The molecule has 5 nitrogen and oxygen atoms in total. The van der Waals surface area contributed by atoms with Crippen LogP contribution in [0.1, 0.15) is 11.4 Å². The van der Waals surface area contributed by atoms with Gasteiger partial charge in [0.05, 0.1) is 24.1 Å². The van der Waals surface area contributed by atoms with Crippen LogP contribution in [0.2, 0.25) is 0 Å². The fourth-order valence-corrected chi connectivity index (χ4v) is 2.01. The van der Waals surface area contributed by atoms with Crippen molar-refractivity contribution >= 4 is 16.9 Å². The summed E-state index contributed by atoms with van der Waals surface area (Å²) < 4.78 is 0. The van der Waals surface area contributed by atoms with Crippen LogP contribution in [0.4, 0.5) is 0 Å². The van der Waals surface area contributed by atoms with Crippen molar-refractivity contribution in [2.24, 2.45) is 0 Å². The standard InChI is InChI=1S/C14H20N4O/c1-10-6-5-7-11-14(10)16-12(15-11)8-18(4)13(19)9-17(2)3/h5-7H,8-9H2,1-4H3,(H,15,16). The highest BCUT2D eigenvalue weighted by Gasteiger charge is 2.12. The van der Waals surface area contributed by atoms with Crippen LogP contribution in [-0.4, -0.2) is 53.4 Å². The molecular weight excluding hydrogens is 240 g/mol. The van der Waals surface area contributed by atoms with Crippen molar-refractivity contribution in [1.82, 2.24) is 19.8 Å². The van der Waals surface area contributed by atoms with Gasteiger partial charge >= 0.3 is 0 Å². The number of aromatic amines is 1. The molecule has 2 rings (SSSR count). The van der Waals surface area contributed by atoms with E-state index in [9.17, 15) is 4.79 Å². The molecule has 2 aromatic rings. The molecule has 0 saturated heterocycles. The molecule has 19 heavy (non-hydrogen) atoms. The molecule has 0 fully saturated rings. The summed E-state index contributed by atoms with van der Waals surface area (Å²) in [6.07, 6.45) is 0. The third-order valence-electron chi connectivity index (χ3n) is 3.03. The second kappa shape index (κ2) is 5.40. The van der Waals surface area contributed by atoms with Gasteiger partial charge < -0.3 is 14.8 Å². The first-order chi connectivity index (χ1) is 8.97. The Kier molecular flexibility index (Phi) is 3.85. The van der Waals surface area contributed by atoms with Gasteiger partial charge in [-0.3, -0.25) is 4.79 Å². The Hall–Kier alpha value is -1.88. The first kappa shape index (κ1) is 13.5. The molecule has 102 valence electrons. The third kappa shape index (κ3) is 3.12. The molecule has 1 N–H and O–H groups in total. The number of benzene rings is 1. The number of hydrogen-bond acceptors (Lipinski definition) is 3. The monoisotopic (exact) mass is 260 g/mol. The first-order valence-corrected chi connectivity index (χ1v) is 6.30. The maximum atomic E-state index is 11.9. The van der Waals surface area contributed by atoms with Crippen LogP contribution in [0.25, 0.3) is 11.0 Å². The number of aromatic nitrogens is 2. The molecule has 0 aliphatic heterocycles. The molecular formula is C14H20N4O. The van der Waals surface area contributed by atoms with Crippen molar-refractivity contribution in [2.45, 2.75) is 13.5 Å². The van der Waals surface area contributed by atoms with Gasteiger partial charge in [0.2, 0.25) is 5.91 Å². The van der Waals surface area contributed by atoms with Gasteiger partial charge in [-0.25, -0.2) is 4.98 Å². The fourth-order valence-electron chi connectivity index (χ4n) is 2.01. The molecule has 0 aliphatic carbocycles. The molecule has 0 saturated carbocycles. The van der Waals surface area contributed by atoms with Crippen molar-refractivity contribution in [3.8, 4) is 0 Å². The number of para-hydroxylation sites is 1. The predicted molar refractivity (Wildman–Crippen MR) is 75.9 cm³/mol. The lowest BCUT2D eigenvalue weighted by atomic mass is 10.2. The molecule has 1 amide bonds. The average Bonchev–Trinajstić information content (AvgIpc) is 2.72. The summed E-state index contributed by atoms with van der Waals surface area (Å²) in [6.45, 7) is 2.95. The molecule has 0 radical (unpaired) electrons. The second-order valence-corrected chi connectivity index (χ2v) is 5.14. The van der Waals surface area contributed by atoms with Crippen molar-refractivity contribution in [2.75, 3.05) is 27.7 Å². The van der Waals surface area contributed by atoms with Crippen LogP contribution in [-0.2, 0) is 11.3 Å². The quantitative estimate of drug-likeness (QED) is 0.904.